The highest BCUT2D eigenvalue weighted by molar-refractivity contribution is 6.20. The summed E-state index contributed by atoms with van der Waals surface area (Å²) in [6.07, 6.45) is 5.99. The number of hydrogen-bond donors (Lipinski definition) is 0. The number of rotatable bonds is 4. The zero-order chi connectivity index (χ0) is 21.7. The second-order valence-corrected chi connectivity index (χ2v) is 7.96. The van der Waals surface area contributed by atoms with Crippen LogP contribution in [0.4, 0.5) is 0 Å². The summed E-state index contributed by atoms with van der Waals surface area (Å²) in [7, 11) is 0. The molecule has 0 bridgehead atoms. The maximum absolute atomic E-state index is 4.10. The topological polar surface area (TPSA) is 9.86 Å². The minimum Gasteiger partial charge on any atom is -0.316 e. The van der Waals surface area contributed by atoms with Gasteiger partial charge in [-0.15, -0.1) is 0 Å². The lowest BCUT2D eigenvalue weighted by Crippen LogP contribution is -1.98. The molecular weight excluding hydrogens is 388 g/mol. The van der Waals surface area contributed by atoms with Crippen molar-refractivity contribution >= 4 is 44.9 Å². The molecule has 6 rings (SSSR count). The summed E-state index contributed by atoms with van der Waals surface area (Å²) < 4.78 is 4.65. The first kappa shape index (κ1) is 18.5. The van der Waals surface area contributed by atoms with Crippen LogP contribution in [0.25, 0.3) is 56.2 Å². The molecule has 0 aliphatic heterocycles. The molecule has 0 amide bonds. The number of nitrogens with zero attached hydrogens (tertiary/aromatic N) is 2. The third-order valence-electron chi connectivity index (χ3n) is 6.30. The molecule has 2 heteroatoms. The average Bonchev–Trinajstić information content (AvgIpc) is 3.43. The van der Waals surface area contributed by atoms with Gasteiger partial charge in [-0.1, -0.05) is 79.9 Å². The Morgan fingerprint density at radius 2 is 1.47 bits per heavy atom. The fourth-order valence-corrected chi connectivity index (χ4v) is 4.91. The molecule has 6 aromatic rings. The summed E-state index contributed by atoms with van der Waals surface area (Å²) in [5, 5.41) is 3.72. The van der Waals surface area contributed by atoms with Gasteiger partial charge in [0.25, 0.3) is 0 Å². The Morgan fingerprint density at radius 1 is 0.656 bits per heavy atom. The molecule has 0 spiro atoms. The van der Waals surface area contributed by atoms with Crippen LogP contribution < -0.4 is 0 Å². The van der Waals surface area contributed by atoms with Crippen LogP contribution >= 0.6 is 0 Å². The van der Waals surface area contributed by atoms with Crippen LogP contribution in [0.15, 0.2) is 110 Å². The Kier molecular flexibility index (Phi) is 4.12. The summed E-state index contributed by atoms with van der Waals surface area (Å²) in [6, 6.07) is 32.2. The van der Waals surface area contributed by atoms with E-state index < -0.39 is 0 Å². The van der Waals surface area contributed by atoms with Gasteiger partial charge in [0, 0.05) is 33.6 Å². The SMILES string of the molecule is C=Cc1cccc(-n2c3ccccc3c3c4c(ccc32)ccn4-c2ccccc2)c1C=C. The molecule has 0 aliphatic rings. The van der Waals surface area contributed by atoms with Crippen LogP contribution in [0.5, 0.6) is 0 Å². The third-order valence-corrected chi connectivity index (χ3v) is 6.30. The number of aromatic nitrogens is 2. The van der Waals surface area contributed by atoms with Crippen molar-refractivity contribution in [2.45, 2.75) is 0 Å². The molecule has 32 heavy (non-hydrogen) atoms. The minimum absolute atomic E-state index is 1.08. The Bertz CT molecular complexity index is 1650. The van der Waals surface area contributed by atoms with Gasteiger partial charge in [-0.25, -0.2) is 0 Å². The molecule has 0 N–H and O–H groups in total. The monoisotopic (exact) mass is 410 g/mol. The summed E-state index contributed by atoms with van der Waals surface area (Å²) in [6.45, 7) is 8.11. The number of hydrogen-bond acceptors (Lipinski definition) is 0. The molecule has 4 aromatic carbocycles. The first-order valence-electron chi connectivity index (χ1n) is 10.8. The van der Waals surface area contributed by atoms with E-state index in [0.717, 1.165) is 22.5 Å². The van der Waals surface area contributed by atoms with Crippen LogP contribution in [0.3, 0.4) is 0 Å². The van der Waals surface area contributed by atoms with E-state index in [9.17, 15) is 0 Å². The lowest BCUT2D eigenvalue weighted by molar-refractivity contribution is 1.13. The van der Waals surface area contributed by atoms with E-state index in [1.54, 1.807) is 0 Å². The third kappa shape index (κ3) is 2.53. The zero-order valence-corrected chi connectivity index (χ0v) is 17.7. The second-order valence-electron chi connectivity index (χ2n) is 7.96. The Labute approximate surface area is 187 Å². The fraction of sp³-hybridized carbons (Fsp3) is 0. The Hall–Kier alpha value is -4.30. The first-order valence-corrected chi connectivity index (χ1v) is 10.8. The van der Waals surface area contributed by atoms with Gasteiger partial charge in [0.2, 0.25) is 0 Å². The number of benzene rings is 4. The molecule has 2 heterocycles. The van der Waals surface area contributed by atoms with Crippen molar-refractivity contribution in [3.63, 3.8) is 0 Å². The molecule has 2 aromatic heterocycles. The highest BCUT2D eigenvalue weighted by Crippen LogP contribution is 2.39. The molecule has 0 radical (unpaired) electrons. The van der Waals surface area contributed by atoms with Crippen LogP contribution in [-0.2, 0) is 0 Å². The van der Waals surface area contributed by atoms with Crippen LogP contribution in [0.1, 0.15) is 11.1 Å². The highest BCUT2D eigenvalue weighted by Gasteiger charge is 2.18. The molecule has 0 aliphatic carbocycles. The summed E-state index contributed by atoms with van der Waals surface area (Å²) in [5.74, 6) is 0. The van der Waals surface area contributed by atoms with Crippen molar-refractivity contribution in [3.05, 3.63) is 121 Å². The smallest absolute Gasteiger partial charge is 0.0628 e. The van der Waals surface area contributed by atoms with E-state index in [0.29, 0.717) is 0 Å². The van der Waals surface area contributed by atoms with Gasteiger partial charge in [0.1, 0.15) is 0 Å². The molecule has 0 saturated carbocycles. The van der Waals surface area contributed by atoms with E-state index in [2.05, 4.69) is 119 Å². The first-order chi connectivity index (χ1) is 15.8. The molecule has 0 saturated heterocycles. The zero-order valence-electron chi connectivity index (χ0n) is 17.7. The predicted molar refractivity (Wildman–Crippen MR) is 138 cm³/mol. The number of fused-ring (bicyclic) bond motifs is 5. The lowest BCUT2D eigenvalue weighted by atomic mass is 10.0. The maximum atomic E-state index is 4.10. The summed E-state index contributed by atoms with van der Waals surface area (Å²) >= 11 is 0. The van der Waals surface area contributed by atoms with Crippen molar-refractivity contribution in [1.29, 1.82) is 0 Å². The maximum Gasteiger partial charge on any atom is 0.0628 e. The lowest BCUT2D eigenvalue weighted by Gasteiger charge is -2.14. The van der Waals surface area contributed by atoms with Crippen LogP contribution in [0.2, 0.25) is 0 Å². The summed E-state index contributed by atoms with van der Waals surface area (Å²) in [5.41, 5.74) is 8.02. The molecular formula is C30H22N2. The van der Waals surface area contributed by atoms with E-state index in [1.807, 2.05) is 12.2 Å². The van der Waals surface area contributed by atoms with Crippen molar-refractivity contribution in [2.24, 2.45) is 0 Å². The molecule has 0 unspecified atom stereocenters. The van der Waals surface area contributed by atoms with Crippen molar-refractivity contribution in [3.8, 4) is 11.4 Å². The van der Waals surface area contributed by atoms with Gasteiger partial charge in [-0.05, 0) is 42.0 Å². The van der Waals surface area contributed by atoms with E-state index in [1.165, 1.54) is 32.7 Å². The van der Waals surface area contributed by atoms with Gasteiger partial charge < -0.3 is 9.13 Å². The van der Waals surface area contributed by atoms with Gasteiger partial charge in [-0.2, -0.15) is 0 Å². The van der Waals surface area contributed by atoms with Gasteiger partial charge >= 0.3 is 0 Å². The van der Waals surface area contributed by atoms with Gasteiger partial charge in [0.05, 0.1) is 22.2 Å². The van der Waals surface area contributed by atoms with Crippen LogP contribution in [0, 0.1) is 0 Å². The molecule has 0 fully saturated rings. The molecule has 2 nitrogen and oxygen atoms in total. The average molecular weight is 411 g/mol. The largest absolute Gasteiger partial charge is 0.316 e. The fourth-order valence-electron chi connectivity index (χ4n) is 4.91. The Balaban J connectivity index is 1.82. The number of para-hydroxylation sites is 2. The Morgan fingerprint density at radius 3 is 2.28 bits per heavy atom. The van der Waals surface area contributed by atoms with Crippen molar-refractivity contribution < 1.29 is 0 Å². The quantitative estimate of drug-likeness (QED) is 0.278. The highest BCUT2D eigenvalue weighted by atomic mass is 15.0. The van der Waals surface area contributed by atoms with E-state index in [-0.39, 0.29) is 0 Å². The normalized spacial score (nSPS) is 11.4. The summed E-state index contributed by atoms with van der Waals surface area (Å²) in [4.78, 5) is 0. The van der Waals surface area contributed by atoms with Crippen molar-refractivity contribution in [2.75, 3.05) is 0 Å². The molecule has 152 valence electrons. The van der Waals surface area contributed by atoms with E-state index in [4.69, 9.17) is 0 Å². The van der Waals surface area contributed by atoms with Gasteiger partial charge in [-0.3, -0.25) is 0 Å². The van der Waals surface area contributed by atoms with Crippen LogP contribution in [-0.4, -0.2) is 9.13 Å². The van der Waals surface area contributed by atoms with Crippen molar-refractivity contribution in [1.82, 2.24) is 9.13 Å². The predicted octanol–water partition coefficient (Wildman–Crippen LogP) is 8.01. The van der Waals surface area contributed by atoms with Gasteiger partial charge in [0.15, 0.2) is 0 Å². The van der Waals surface area contributed by atoms with E-state index >= 15 is 0 Å². The second kappa shape index (κ2) is 7.14. The minimum atomic E-state index is 1.08. The standard InChI is InChI=1S/C30H22N2/c1-3-21-11-10-16-26(24(21)4-2)32-27-15-9-8-14-25(27)29-28(32)18-17-22-19-20-31(30(22)29)23-12-6-5-7-13-23/h3-20H,1-2H2. The molecule has 0 atom stereocenters.